The Morgan fingerprint density at radius 2 is 1.83 bits per heavy atom. The Balaban J connectivity index is 1.66. The minimum Gasteiger partial charge on any atom is -0.329 e. The van der Waals surface area contributed by atoms with E-state index in [0.29, 0.717) is 5.56 Å². The second-order valence-electron chi connectivity index (χ2n) is 4.91. The number of carbonyl (C=O) groups is 1. The van der Waals surface area contributed by atoms with Crippen molar-refractivity contribution in [3.05, 3.63) is 70.1 Å². The molecule has 0 atom stereocenters. The van der Waals surface area contributed by atoms with Crippen LogP contribution in [0.1, 0.15) is 10.4 Å². The molecule has 1 N–H and O–H groups in total. The molecular weight excluding hydrogens is 421 g/mol. The molecule has 0 saturated carbocycles. The normalized spacial score (nSPS) is 10.5. The third-order valence-corrected chi connectivity index (χ3v) is 5.01. The van der Waals surface area contributed by atoms with Crippen molar-refractivity contribution in [2.75, 3.05) is 5.32 Å². The minimum absolute atomic E-state index is 0.106. The molecule has 0 aliphatic rings. The van der Waals surface area contributed by atoms with Gasteiger partial charge in [-0.15, -0.1) is 0 Å². The third kappa shape index (κ3) is 4.14. The highest BCUT2D eigenvalue weighted by Crippen LogP contribution is 2.26. The average molecular weight is 435 g/mol. The first-order valence-corrected chi connectivity index (χ1v) is 8.83. The zero-order valence-electron chi connectivity index (χ0n) is 12.4. The molecule has 1 heterocycles. The summed E-state index contributed by atoms with van der Waals surface area (Å²) in [4.78, 5) is 17.5. The fourth-order valence-corrected chi connectivity index (χ4v) is 3.13. The molecule has 0 aliphatic heterocycles. The van der Waals surface area contributed by atoms with Crippen LogP contribution in [0.2, 0.25) is 0 Å². The van der Waals surface area contributed by atoms with Gasteiger partial charge in [0.05, 0.1) is 0 Å². The molecule has 2 aromatic carbocycles. The summed E-state index contributed by atoms with van der Waals surface area (Å²) in [5.41, 5.74) is 1.43. The van der Waals surface area contributed by atoms with E-state index < -0.39 is 0 Å². The summed E-state index contributed by atoms with van der Waals surface area (Å²) in [7, 11) is 1.96. The standard InChI is InChI=1S/C17H14IN3OS/c1-21-11-10-19-17(21)23-15-8-6-14(7-9-15)20-16(22)12-2-4-13(18)5-3-12/h2-11H,1H3,(H,20,22). The number of rotatable bonds is 4. The van der Waals surface area contributed by atoms with E-state index in [1.807, 2.05) is 66.3 Å². The van der Waals surface area contributed by atoms with Gasteiger partial charge in [-0.2, -0.15) is 0 Å². The molecule has 6 heteroatoms. The van der Waals surface area contributed by atoms with E-state index in [2.05, 4.69) is 32.9 Å². The predicted octanol–water partition coefficient (Wildman–Crippen LogP) is 4.43. The molecular formula is C17H14IN3OS. The number of benzene rings is 2. The highest BCUT2D eigenvalue weighted by Gasteiger charge is 2.07. The van der Waals surface area contributed by atoms with Crippen molar-refractivity contribution in [2.24, 2.45) is 7.05 Å². The summed E-state index contributed by atoms with van der Waals surface area (Å²) >= 11 is 3.80. The topological polar surface area (TPSA) is 46.9 Å². The third-order valence-electron chi connectivity index (χ3n) is 3.20. The SMILES string of the molecule is Cn1ccnc1Sc1ccc(NC(=O)c2ccc(I)cc2)cc1. The molecule has 0 aliphatic carbocycles. The molecule has 3 aromatic rings. The molecule has 0 bridgehead atoms. The number of aryl methyl sites for hydroxylation is 1. The number of hydrogen-bond acceptors (Lipinski definition) is 3. The van der Waals surface area contributed by atoms with Gasteiger partial charge in [-0.25, -0.2) is 4.98 Å². The highest BCUT2D eigenvalue weighted by atomic mass is 127. The highest BCUT2D eigenvalue weighted by molar-refractivity contribution is 14.1. The lowest BCUT2D eigenvalue weighted by atomic mass is 10.2. The van der Waals surface area contributed by atoms with Gasteiger partial charge in [0.1, 0.15) is 0 Å². The maximum absolute atomic E-state index is 12.2. The van der Waals surface area contributed by atoms with Crippen LogP contribution in [-0.4, -0.2) is 15.5 Å². The van der Waals surface area contributed by atoms with Crippen LogP contribution in [0.25, 0.3) is 0 Å². The molecule has 0 radical (unpaired) electrons. The molecule has 1 aromatic heterocycles. The summed E-state index contributed by atoms with van der Waals surface area (Å²) in [6, 6.07) is 15.2. The minimum atomic E-state index is -0.106. The lowest BCUT2D eigenvalue weighted by Gasteiger charge is -2.07. The number of anilines is 1. The maximum Gasteiger partial charge on any atom is 0.255 e. The smallest absolute Gasteiger partial charge is 0.255 e. The monoisotopic (exact) mass is 435 g/mol. The van der Waals surface area contributed by atoms with E-state index in [0.717, 1.165) is 19.3 Å². The molecule has 0 spiro atoms. The summed E-state index contributed by atoms with van der Waals surface area (Å²) in [5, 5.41) is 3.83. The van der Waals surface area contributed by atoms with Gasteiger partial charge in [-0.1, -0.05) is 11.8 Å². The summed E-state index contributed by atoms with van der Waals surface area (Å²) in [5.74, 6) is -0.106. The molecule has 1 amide bonds. The average Bonchev–Trinajstić information content (AvgIpc) is 2.95. The Kier molecular flexibility index (Phi) is 5.02. The van der Waals surface area contributed by atoms with Gasteiger partial charge in [-0.3, -0.25) is 4.79 Å². The van der Waals surface area contributed by atoms with E-state index in [1.54, 1.807) is 18.0 Å². The van der Waals surface area contributed by atoms with Crippen LogP contribution in [0, 0.1) is 3.57 Å². The van der Waals surface area contributed by atoms with Gasteiger partial charge in [0.2, 0.25) is 0 Å². The number of carbonyl (C=O) groups excluding carboxylic acids is 1. The Labute approximate surface area is 152 Å². The summed E-state index contributed by atoms with van der Waals surface area (Å²) < 4.78 is 3.08. The van der Waals surface area contributed by atoms with Gasteiger partial charge in [-0.05, 0) is 71.1 Å². The second kappa shape index (κ2) is 7.18. The number of amides is 1. The van der Waals surface area contributed by atoms with Crippen molar-refractivity contribution in [3.63, 3.8) is 0 Å². The van der Waals surface area contributed by atoms with Crippen LogP contribution in [0.4, 0.5) is 5.69 Å². The summed E-state index contributed by atoms with van der Waals surface area (Å²) in [6.07, 6.45) is 3.69. The fraction of sp³-hybridized carbons (Fsp3) is 0.0588. The van der Waals surface area contributed by atoms with Gasteiger partial charge in [0.25, 0.3) is 5.91 Å². The van der Waals surface area contributed by atoms with Crippen LogP contribution in [0.3, 0.4) is 0 Å². The van der Waals surface area contributed by atoms with Crippen LogP contribution < -0.4 is 5.32 Å². The van der Waals surface area contributed by atoms with Crippen molar-refractivity contribution in [1.29, 1.82) is 0 Å². The van der Waals surface area contributed by atoms with E-state index >= 15 is 0 Å². The van der Waals surface area contributed by atoms with Gasteiger partial charge >= 0.3 is 0 Å². The number of imidazole rings is 1. The zero-order chi connectivity index (χ0) is 16.2. The van der Waals surface area contributed by atoms with Gasteiger partial charge < -0.3 is 9.88 Å². The van der Waals surface area contributed by atoms with Crippen molar-refractivity contribution in [1.82, 2.24) is 9.55 Å². The fourth-order valence-electron chi connectivity index (χ4n) is 1.97. The Hall–Kier alpha value is -1.80. The predicted molar refractivity (Wildman–Crippen MR) is 101 cm³/mol. The lowest BCUT2D eigenvalue weighted by Crippen LogP contribution is -2.11. The lowest BCUT2D eigenvalue weighted by molar-refractivity contribution is 0.102. The Morgan fingerprint density at radius 1 is 1.13 bits per heavy atom. The molecule has 3 rings (SSSR count). The van der Waals surface area contributed by atoms with Crippen molar-refractivity contribution in [3.8, 4) is 0 Å². The second-order valence-corrected chi connectivity index (χ2v) is 7.19. The molecule has 0 fully saturated rings. The summed E-state index contributed by atoms with van der Waals surface area (Å²) in [6.45, 7) is 0. The first-order chi connectivity index (χ1) is 11.1. The molecule has 4 nitrogen and oxygen atoms in total. The molecule has 116 valence electrons. The van der Waals surface area contributed by atoms with Crippen LogP contribution in [0.15, 0.2) is 71.0 Å². The number of nitrogens with one attached hydrogen (secondary N) is 1. The maximum atomic E-state index is 12.2. The van der Waals surface area contributed by atoms with E-state index in [1.165, 1.54) is 0 Å². The van der Waals surface area contributed by atoms with Crippen LogP contribution in [0.5, 0.6) is 0 Å². The molecule has 23 heavy (non-hydrogen) atoms. The first-order valence-electron chi connectivity index (χ1n) is 6.94. The Bertz CT molecular complexity index is 813. The number of nitrogens with zero attached hydrogens (tertiary/aromatic N) is 2. The van der Waals surface area contributed by atoms with E-state index in [4.69, 9.17) is 0 Å². The molecule has 0 unspecified atom stereocenters. The number of halogens is 1. The number of hydrogen-bond donors (Lipinski definition) is 1. The largest absolute Gasteiger partial charge is 0.329 e. The zero-order valence-corrected chi connectivity index (χ0v) is 15.3. The number of aromatic nitrogens is 2. The van der Waals surface area contributed by atoms with Gasteiger partial charge in [0, 0.05) is 39.2 Å². The first kappa shape index (κ1) is 16.1. The van der Waals surface area contributed by atoms with E-state index in [9.17, 15) is 4.79 Å². The van der Waals surface area contributed by atoms with Crippen molar-refractivity contribution < 1.29 is 4.79 Å². The molecule has 0 saturated heterocycles. The van der Waals surface area contributed by atoms with Crippen LogP contribution in [-0.2, 0) is 7.05 Å². The van der Waals surface area contributed by atoms with Crippen molar-refractivity contribution in [2.45, 2.75) is 10.1 Å². The Morgan fingerprint density at radius 3 is 2.43 bits per heavy atom. The van der Waals surface area contributed by atoms with E-state index in [-0.39, 0.29) is 5.91 Å². The van der Waals surface area contributed by atoms with Gasteiger partial charge in [0.15, 0.2) is 5.16 Å². The van der Waals surface area contributed by atoms with Crippen LogP contribution >= 0.6 is 34.4 Å². The van der Waals surface area contributed by atoms with Crippen molar-refractivity contribution >= 4 is 45.9 Å². The quantitative estimate of drug-likeness (QED) is 0.617.